The van der Waals surface area contributed by atoms with E-state index in [9.17, 15) is 0 Å². The van der Waals surface area contributed by atoms with E-state index in [1.165, 1.54) is 11.1 Å². The van der Waals surface area contributed by atoms with Gasteiger partial charge < -0.3 is 4.74 Å². The molecular weight excluding hydrogens is 484 g/mol. The molecule has 3 aromatic rings. The van der Waals surface area contributed by atoms with Crippen molar-refractivity contribution in [3.63, 3.8) is 0 Å². The Morgan fingerprint density at radius 2 is 0.575 bits per heavy atom. The highest BCUT2D eigenvalue weighted by Gasteiger charge is 2.50. The summed E-state index contributed by atoms with van der Waals surface area (Å²) >= 11 is 0. The number of methoxy groups -OCH3 is 1. The fourth-order valence-electron chi connectivity index (χ4n) is 2.95. The van der Waals surface area contributed by atoms with Crippen LogP contribution in [0.1, 0.15) is 130 Å². The van der Waals surface area contributed by atoms with E-state index >= 15 is 0 Å². The molecular formula is C39H74O. The molecule has 1 aliphatic rings. The van der Waals surface area contributed by atoms with Gasteiger partial charge in [0.1, 0.15) is 0 Å². The first-order valence-electron chi connectivity index (χ1n) is 15.0. The zero-order valence-corrected chi connectivity index (χ0v) is 28.4. The summed E-state index contributed by atoms with van der Waals surface area (Å²) < 4.78 is 4.54. The molecule has 1 aliphatic carbocycles. The predicted octanol–water partition coefficient (Wildman–Crippen LogP) is 13.7. The normalized spacial score (nSPS) is 10.7. The van der Waals surface area contributed by atoms with Crippen LogP contribution in [-0.2, 0) is 15.6 Å². The first kappa shape index (κ1) is 53.8. The number of hydrogen-bond donors (Lipinski definition) is 0. The summed E-state index contributed by atoms with van der Waals surface area (Å²) in [6.45, 7) is 32.1. The lowest BCUT2D eigenvalue weighted by atomic mass is 9.50. The second kappa shape index (κ2) is 41.1. The highest BCUT2D eigenvalue weighted by atomic mass is 16.5. The third-order valence-electron chi connectivity index (χ3n) is 5.46. The van der Waals surface area contributed by atoms with Gasteiger partial charge in [0, 0.05) is 13.7 Å². The molecule has 1 nitrogen and oxygen atoms in total. The number of rotatable bonds is 1. The van der Waals surface area contributed by atoms with E-state index in [4.69, 9.17) is 0 Å². The molecule has 0 bridgehead atoms. The summed E-state index contributed by atoms with van der Waals surface area (Å²) in [5, 5.41) is 0. The summed E-state index contributed by atoms with van der Waals surface area (Å²) in [4.78, 5) is 0. The first-order valence-corrected chi connectivity index (χ1v) is 15.0. The van der Waals surface area contributed by atoms with Gasteiger partial charge in [0.15, 0.2) is 0 Å². The maximum absolute atomic E-state index is 4.54. The van der Waals surface area contributed by atoms with Gasteiger partial charge in [-0.2, -0.15) is 0 Å². The summed E-state index contributed by atoms with van der Waals surface area (Å²) in [5.41, 5.74) is 3.75. The zero-order chi connectivity index (χ0) is 30.9. The molecule has 0 aromatic heterocycles. The number of benzene rings is 3. The maximum Gasteiger partial charge on any atom is 0.0433 e. The molecule has 0 atom stereocenters. The van der Waals surface area contributed by atoms with Gasteiger partial charge in [0.05, 0.1) is 0 Å². The Balaban J connectivity index is -0.0000000681. The van der Waals surface area contributed by atoms with Crippen molar-refractivity contribution in [2.24, 2.45) is 0 Å². The molecule has 236 valence electrons. The third kappa shape index (κ3) is 23.5. The van der Waals surface area contributed by atoms with Gasteiger partial charge >= 0.3 is 0 Å². The number of hydrogen-bond acceptors (Lipinski definition) is 1. The van der Waals surface area contributed by atoms with Crippen molar-refractivity contribution in [1.29, 1.82) is 0 Å². The van der Waals surface area contributed by atoms with Crippen LogP contribution >= 0.6 is 0 Å². The standard InChI is InChI=1S/C12H16.2C6H6.C3H8O.5C2H6.2CH4/c1-11(2)9-7-5-6-8-10(9)12(11,3)4;2*1-2-4-6-5-3-1;1-3-4-2;5*1-2;;/h5-8H,1-4H3;2*1-6H;3H2,1-2H3;5*1-2H3;2*1H4. The minimum absolute atomic E-state index is 0. The maximum atomic E-state index is 4.54. The third-order valence-corrected chi connectivity index (χ3v) is 5.46. The lowest BCUT2D eigenvalue weighted by molar-refractivity contribution is 0.215. The predicted molar refractivity (Wildman–Crippen MR) is 193 cm³/mol. The van der Waals surface area contributed by atoms with Gasteiger partial charge in [-0.1, -0.05) is 209 Å². The molecule has 0 heterocycles. The summed E-state index contributed by atoms with van der Waals surface area (Å²) in [6.07, 6.45) is 0. The SMILES string of the molecule is C.C.CC.CC.CC.CC.CC.CC1(C)c2ccccc2C1(C)C.CCOC.c1ccccc1.c1ccccc1. The smallest absolute Gasteiger partial charge is 0.0433 e. The van der Waals surface area contributed by atoms with Crippen LogP contribution in [0.25, 0.3) is 0 Å². The monoisotopic (exact) mass is 559 g/mol. The molecule has 0 unspecified atom stereocenters. The van der Waals surface area contributed by atoms with E-state index < -0.39 is 0 Å². The quantitative estimate of drug-likeness (QED) is 0.288. The van der Waals surface area contributed by atoms with E-state index in [1.54, 1.807) is 7.11 Å². The summed E-state index contributed by atoms with van der Waals surface area (Å²) in [7, 11) is 1.68. The molecule has 0 fully saturated rings. The van der Waals surface area contributed by atoms with E-state index in [0.29, 0.717) is 10.8 Å². The Labute approximate surface area is 255 Å². The average Bonchev–Trinajstić information content (AvgIpc) is 3.04. The Kier molecular flexibility index (Phi) is 55.3. The van der Waals surface area contributed by atoms with Gasteiger partial charge in [-0.25, -0.2) is 0 Å². The van der Waals surface area contributed by atoms with Crippen molar-refractivity contribution in [3.8, 4) is 0 Å². The van der Waals surface area contributed by atoms with Crippen LogP contribution in [0.2, 0.25) is 0 Å². The highest BCUT2D eigenvalue weighted by Crippen LogP contribution is 2.55. The Morgan fingerprint density at radius 3 is 0.700 bits per heavy atom. The first-order chi connectivity index (χ1) is 18.4. The molecule has 0 amide bonds. The molecule has 40 heavy (non-hydrogen) atoms. The van der Waals surface area contributed by atoms with Crippen molar-refractivity contribution < 1.29 is 4.74 Å². The molecule has 0 aliphatic heterocycles. The second-order valence-electron chi connectivity index (χ2n) is 7.68. The average molecular weight is 559 g/mol. The van der Waals surface area contributed by atoms with Crippen LogP contribution in [0.15, 0.2) is 97.1 Å². The van der Waals surface area contributed by atoms with Gasteiger partial charge in [-0.15, -0.1) is 0 Å². The van der Waals surface area contributed by atoms with Crippen LogP contribution in [0.4, 0.5) is 0 Å². The van der Waals surface area contributed by atoms with Gasteiger partial charge in [0.25, 0.3) is 0 Å². The van der Waals surface area contributed by atoms with E-state index in [0.717, 1.165) is 6.61 Å². The summed E-state index contributed by atoms with van der Waals surface area (Å²) in [6, 6.07) is 32.8. The highest BCUT2D eigenvalue weighted by molar-refractivity contribution is 5.52. The van der Waals surface area contributed by atoms with Gasteiger partial charge in [0.2, 0.25) is 0 Å². The van der Waals surface area contributed by atoms with Crippen LogP contribution < -0.4 is 0 Å². The summed E-state index contributed by atoms with van der Waals surface area (Å²) in [5.74, 6) is 0. The second-order valence-corrected chi connectivity index (χ2v) is 7.68. The zero-order valence-electron chi connectivity index (χ0n) is 28.4. The molecule has 3 aromatic carbocycles. The fourth-order valence-corrected chi connectivity index (χ4v) is 2.95. The lowest BCUT2D eigenvalue weighted by Gasteiger charge is -2.54. The van der Waals surface area contributed by atoms with Gasteiger partial charge in [-0.3, -0.25) is 0 Å². The molecule has 0 saturated heterocycles. The van der Waals surface area contributed by atoms with Crippen molar-refractivity contribution in [2.75, 3.05) is 13.7 Å². The van der Waals surface area contributed by atoms with Crippen molar-refractivity contribution >= 4 is 0 Å². The Bertz CT molecular complexity index is 626. The van der Waals surface area contributed by atoms with E-state index in [1.807, 2.05) is 149 Å². The Hall–Kier alpha value is -2.38. The van der Waals surface area contributed by atoms with Crippen LogP contribution in [0, 0.1) is 0 Å². The molecule has 0 spiro atoms. The largest absolute Gasteiger partial charge is 0.385 e. The molecule has 4 rings (SSSR count). The molecule has 0 N–H and O–H groups in total. The number of ether oxygens (including phenoxy) is 1. The molecule has 0 radical (unpaired) electrons. The van der Waals surface area contributed by atoms with Crippen LogP contribution in [-0.4, -0.2) is 13.7 Å². The van der Waals surface area contributed by atoms with Crippen LogP contribution in [0.3, 0.4) is 0 Å². The lowest BCUT2D eigenvalue weighted by Crippen LogP contribution is -2.50. The molecule has 1 heteroatoms. The van der Waals surface area contributed by atoms with E-state index in [-0.39, 0.29) is 14.9 Å². The number of fused-ring (bicyclic) bond motifs is 1. The van der Waals surface area contributed by atoms with Crippen molar-refractivity contribution in [3.05, 3.63) is 108 Å². The topological polar surface area (TPSA) is 9.23 Å². The minimum Gasteiger partial charge on any atom is -0.385 e. The van der Waals surface area contributed by atoms with Crippen LogP contribution in [0.5, 0.6) is 0 Å². The fraction of sp³-hybridized carbons (Fsp3) is 0.538. The van der Waals surface area contributed by atoms with Gasteiger partial charge in [-0.05, 0) is 28.9 Å². The Morgan fingerprint density at radius 1 is 0.425 bits per heavy atom. The molecule has 0 saturated carbocycles. The van der Waals surface area contributed by atoms with Crippen molar-refractivity contribution in [2.45, 2.75) is 130 Å². The van der Waals surface area contributed by atoms with E-state index in [2.05, 4.69) is 56.7 Å². The minimum atomic E-state index is 0. The van der Waals surface area contributed by atoms with Crippen molar-refractivity contribution in [1.82, 2.24) is 0 Å².